The first-order valence-corrected chi connectivity index (χ1v) is 12.9. The van der Waals surface area contributed by atoms with Crippen LogP contribution in [0.25, 0.3) is 55.8 Å². The standard InChI is InChI=1S/C30H25FN6O/c31-21-6-4-5-19(13-21)27-29-26(11-12-33-27)34-30(35-29)28-24-15-18(9-10-25(24)36-37-28)20-14-23(17-32-16-20)38-22-7-2-1-3-8-22/h4-6,9-17,22H,1-3,7-8H2,(H,34,35)(H,36,37). The van der Waals surface area contributed by atoms with E-state index in [1.807, 2.05) is 24.4 Å². The number of H-pyrrole nitrogens is 2. The number of nitrogens with zero attached hydrogens (tertiary/aromatic N) is 4. The number of hydrogen-bond donors (Lipinski definition) is 2. The Kier molecular flexibility index (Phi) is 5.57. The molecule has 7 rings (SSSR count). The van der Waals surface area contributed by atoms with E-state index in [4.69, 9.17) is 9.72 Å². The molecule has 1 fully saturated rings. The van der Waals surface area contributed by atoms with Gasteiger partial charge in [0.05, 0.1) is 29.0 Å². The molecule has 7 nitrogen and oxygen atoms in total. The van der Waals surface area contributed by atoms with Crippen molar-refractivity contribution in [3.63, 3.8) is 0 Å². The molecule has 6 aromatic rings. The number of nitrogens with one attached hydrogen (secondary N) is 2. The molecule has 2 N–H and O–H groups in total. The number of halogens is 1. The van der Waals surface area contributed by atoms with Crippen molar-refractivity contribution in [3.05, 3.63) is 79.0 Å². The van der Waals surface area contributed by atoms with Gasteiger partial charge in [0.1, 0.15) is 22.8 Å². The van der Waals surface area contributed by atoms with Crippen molar-refractivity contribution in [2.75, 3.05) is 0 Å². The van der Waals surface area contributed by atoms with Crippen LogP contribution < -0.4 is 4.74 Å². The minimum Gasteiger partial charge on any atom is -0.489 e. The van der Waals surface area contributed by atoms with E-state index in [1.165, 1.54) is 31.4 Å². The lowest BCUT2D eigenvalue weighted by molar-refractivity contribution is 0.154. The highest BCUT2D eigenvalue weighted by molar-refractivity contribution is 5.97. The molecular formula is C30H25FN6O. The summed E-state index contributed by atoms with van der Waals surface area (Å²) < 4.78 is 20.1. The lowest BCUT2D eigenvalue weighted by atomic mass is 9.98. The lowest BCUT2D eigenvalue weighted by Gasteiger charge is -2.23. The van der Waals surface area contributed by atoms with Crippen LogP contribution in [0.3, 0.4) is 0 Å². The maximum atomic E-state index is 13.9. The first kappa shape index (κ1) is 22.6. The fourth-order valence-electron chi connectivity index (χ4n) is 5.29. The smallest absolute Gasteiger partial charge is 0.159 e. The zero-order valence-corrected chi connectivity index (χ0v) is 20.6. The maximum Gasteiger partial charge on any atom is 0.159 e. The van der Waals surface area contributed by atoms with Crippen molar-refractivity contribution < 1.29 is 9.13 Å². The maximum absolute atomic E-state index is 13.9. The molecule has 1 aliphatic rings. The molecule has 0 saturated heterocycles. The Bertz CT molecular complexity index is 1770. The van der Waals surface area contributed by atoms with Crippen LogP contribution in [-0.4, -0.2) is 36.2 Å². The zero-order chi connectivity index (χ0) is 25.5. The third-order valence-corrected chi connectivity index (χ3v) is 7.19. The molecule has 188 valence electrons. The van der Waals surface area contributed by atoms with Crippen molar-refractivity contribution in [3.8, 4) is 39.7 Å². The third-order valence-electron chi connectivity index (χ3n) is 7.19. The van der Waals surface area contributed by atoms with Crippen molar-refractivity contribution >= 4 is 21.9 Å². The number of rotatable bonds is 5. The summed E-state index contributed by atoms with van der Waals surface area (Å²) in [6.07, 6.45) is 11.5. The number of pyridine rings is 2. The number of ether oxygens (including phenoxy) is 1. The van der Waals surface area contributed by atoms with Gasteiger partial charge in [-0.25, -0.2) is 9.37 Å². The molecule has 2 aromatic carbocycles. The van der Waals surface area contributed by atoms with Crippen LogP contribution in [0.2, 0.25) is 0 Å². The van der Waals surface area contributed by atoms with E-state index in [1.54, 1.807) is 18.5 Å². The topological polar surface area (TPSA) is 92.4 Å². The van der Waals surface area contributed by atoms with Gasteiger partial charge in [0.15, 0.2) is 5.82 Å². The van der Waals surface area contributed by atoms with Crippen LogP contribution in [0, 0.1) is 5.82 Å². The number of aromatic nitrogens is 6. The summed E-state index contributed by atoms with van der Waals surface area (Å²) in [6.45, 7) is 0. The van der Waals surface area contributed by atoms with Gasteiger partial charge in [-0.15, -0.1) is 0 Å². The fourth-order valence-corrected chi connectivity index (χ4v) is 5.29. The van der Waals surface area contributed by atoms with Gasteiger partial charge in [-0.05, 0) is 67.6 Å². The average molecular weight is 505 g/mol. The van der Waals surface area contributed by atoms with Gasteiger partial charge < -0.3 is 9.72 Å². The SMILES string of the molecule is Fc1cccc(-c2nccc3[nH]c(-c4n[nH]c5ccc(-c6cncc(OC7CCCCC7)c6)cc45)nc23)c1. The largest absolute Gasteiger partial charge is 0.489 e. The summed E-state index contributed by atoms with van der Waals surface area (Å²) in [6, 6.07) is 16.5. The number of benzene rings is 2. The number of imidazole rings is 1. The van der Waals surface area contributed by atoms with Crippen molar-refractivity contribution in [2.24, 2.45) is 0 Å². The average Bonchev–Trinajstić information content (AvgIpc) is 3.57. The predicted octanol–water partition coefficient (Wildman–Crippen LogP) is 7.08. The van der Waals surface area contributed by atoms with Crippen LogP contribution in [0.5, 0.6) is 5.75 Å². The van der Waals surface area contributed by atoms with Crippen molar-refractivity contribution in [1.29, 1.82) is 0 Å². The van der Waals surface area contributed by atoms with E-state index in [2.05, 4.69) is 43.3 Å². The van der Waals surface area contributed by atoms with Crippen LogP contribution in [-0.2, 0) is 0 Å². The molecule has 0 unspecified atom stereocenters. The molecule has 1 aliphatic carbocycles. The van der Waals surface area contributed by atoms with Gasteiger partial charge in [-0.1, -0.05) is 24.6 Å². The van der Waals surface area contributed by atoms with Crippen LogP contribution >= 0.6 is 0 Å². The van der Waals surface area contributed by atoms with Crippen molar-refractivity contribution in [2.45, 2.75) is 38.2 Å². The summed E-state index contributed by atoms with van der Waals surface area (Å²) in [7, 11) is 0. The molecule has 0 amide bonds. The number of hydrogen-bond acceptors (Lipinski definition) is 5. The highest BCUT2D eigenvalue weighted by atomic mass is 19.1. The Morgan fingerprint density at radius 3 is 2.66 bits per heavy atom. The normalized spacial score (nSPS) is 14.3. The van der Waals surface area contributed by atoms with E-state index in [0.717, 1.165) is 46.1 Å². The first-order chi connectivity index (χ1) is 18.7. The Balaban J connectivity index is 1.26. The lowest BCUT2D eigenvalue weighted by Crippen LogP contribution is -2.19. The quantitative estimate of drug-likeness (QED) is 0.262. The molecule has 4 aromatic heterocycles. The molecular weight excluding hydrogens is 479 g/mol. The van der Waals surface area contributed by atoms with Crippen LogP contribution in [0.1, 0.15) is 32.1 Å². The fraction of sp³-hybridized carbons (Fsp3) is 0.200. The summed E-state index contributed by atoms with van der Waals surface area (Å²) in [5, 5.41) is 8.61. The van der Waals surface area contributed by atoms with E-state index in [-0.39, 0.29) is 11.9 Å². The predicted molar refractivity (Wildman–Crippen MR) is 145 cm³/mol. The van der Waals surface area contributed by atoms with E-state index >= 15 is 0 Å². The molecule has 4 heterocycles. The first-order valence-electron chi connectivity index (χ1n) is 12.9. The van der Waals surface area contributed by atoms with E-state index in [0.29, 0.717) is 28.3 Å². The zero-order valence-electron chi connectivity index (χ0n) is 20.6. The summed E-state index contributed by atoms with van der Waals surface area (Å²) >= 11 is 0. The highest BCUT2D eigenvalue weighted by Gasteiger charge is 2.18. The Morgan fingerprint density at radius 1 is 0.842 bits per heavy atom. The Morgan fingerprint density at radius 2 is 1.76 bits per heavy atom. The molecule has 0 spiro atoms. The van der Waals surface area contributed by atoms with Gasteiger partial charge in [-0.2, -0.15) is 5.10 Å². The molecule has 0 bridgehead atoms. The van der Waals surface area contributed by atoms with Gasteiger partial charge in [0, 0.05) is 28.9 Å². The second-order valence-corrected chi connectivity index (χ2v) is 9.77. The summed E-state index contributed by atoms with van der Waals surface area (Å²) in [5.41, 5.74) is 6.35. The number of aromatic amines is 2. The van der Waals surface area contributed by atoms with E-state index in [9.17, 15) is 4.39 Å². The molecule has 1 saturated carbocycles. The minimum atomic E-state index is -0.314. The number of fused-ring (bicyclic) bond motifs is 2. The third kappa shape index (κ3) is 4.18. The molecule has 38 heavy (non-hydrogen) atoms. The molecule has 0 aliphatic heterocycles. The monoisotopic (exact) mass is 504 g/mol. The highest BCUT2D eigenvalue weighted by Crippen LogP contribution is 2.33. The minimum absolute atomic E-state index is 0.267. The van der Waals surface area contributed by atoms with Gasteiger partial charge in [-0.3, -0.25) is 15.1 Å². The van der Waals surface area contributed by atoms with Crippen molar-refractivity contribution in [1.82, 2.24) is 30.1 Å². The molecule has 0 atom stereocenters. The molecule has 8 heteroatoms. The second-order valence-electron chi connectivity index (χ2n) is 9.77. The van der Waals surface area contributed by atoms with Gasteiger partial charge >= 0.3 is 0 Å². The van der Waals surface area contributed by atoms with E-state index < -0.39 is 0 Å². The van der Waals surface area contributed by atoms with Gasteiger partial charge in [0.25, 0.3) is 0 Å². The summed E-state index contributed by atoms with van der Waals surface area (Å²) in [5.74, 6) is 1.10. The van der Waals surface area contributed by atoms with Crippen LogP contribution in [0.4, 0.5) is 4.39 Å². The molecule has 0 radical (unpaired) electrons. The Hall–Kier alpha value is -4.59. The Labute approximate surface area is 218 Å². The summed E-state index contributed by atoms with van der Waals surface area (Å²) in [4.78, 5) is 17.1. The second kappa shape index (κ2) is 9.37. The van der Waals surface area contributed by atoms with Crippen LogP contribution in [0.15, 0.2) is 73.2 Å². The van der Waals surface area contributed by atoms with Gasteiger partial charge in [0.2, 0.25) is 0 Å².